The number of aromatic amines is 1. The zero-order chi connectivity index (χ0) is 17.0. The predicted octanol–water partition coefficient (Wildman–Crippen LogP) is 1.86. The first-order chi connectivity index (χ1) is 10.9. The number of pyridine rings is 1. The Morgan fingerprint density at radius 1 is 1.22 bits per heavy atom. The van der Waals surface area contributed by atoms with Gasteiger partial charge in [-0.15, -0.1) is 0 Å². The zero-order valence-corrected chi connectivity index (χ0v) is 13.4. The number of rotatable bonds is 5. The van der Waals surface area contributed by atoms with Crippen LogP contribution >= 0.6 is 0 Å². The fourth-order valence-corrected chi connectivity index (χ4v) is 2.32. The smallest absolute Gasteiger partial charge is 0.260 e. The van der Waals surface area contributed by atoms with Gasteiger partial charge >= 0.3 is 0 Å². The van der Waals surface area contributed by atoms with E-state index in [1.807, 2.05) is 19.0 Å². The first-order valence-electron chi connectivity index (χ1n) is 7.28. The molecule has 2 rings (SSSR count). The quantitative estimate of drug-likeness (QED) is 0.884. The summed E-state index contributed by atoms with van der Waals surface area (Å²) in [4.78, 5) is 28.5. The Hall–Kier alpha value is -2.47. The molecule has 1 amide bonds. The average Bonchev–Trinajstić information content (AvgIpc) is 2.48. The highest BCUT2D eigenvalue weighted by atomic mass is 19.1. The zero-order valence-electron chi connectivity index (χ0n) is 13.4. The summed E-state index contributed by atoms with van der Waals surface area (Å²) in [6.07, 6.45) is 0. The van der Waals surface area contributed by atoms with E-state index in [-0.39, 0.29) is 17.4 Å². The van der Waals surface area contributed by atoms with Gasteiger partial charge in [-0.1, -0.05) is 12.1 Å². The average molecular weight is 317 g/mol. The molecule has 6 heteroatoms. The van der Waals surface area contributed by atoms with Crippen molar-refractivity contribution in [2.24, 2.45) is 0 Å². The van der Waals surface area contributed by atoms with Crippen LogP contribution in [0.1, 0.15) is 27.7 Å². The van der Waals surface area contributed by atoms with E-state index in [9.17, 15) is 14.0 Å². The van der Waals surface area contributed by atoms with Crippen LogP contribution in [0, 0.1) is 12.7 Å². The first-order valence-corrected chi connectivity index (χ1v) is 7.28. The molecule has 1 aromatic carbocycles. The molecule has 0 spiro atoms. The number of aromatic nitrogens is 1. The number of benzene rings is 1. The molecule has 0 saturated carbocycles. The number of likely N-dealkylation sites (N-methyl/N-ethyl adjacent to an activating group) is 1. The minimum atomic E-state index is -0.430. The van der Waals surface area contributed by atoms with Crippen LogP contribution in [0.15, 0.2) is 41.2 Å². The lowest BCUT2D eigenvalue weighted by atomic mass is 10.1. The van der Waals surface area contributed by atoms with E-state index in [4.69, 9.17) is 0 Å². The molecule has 2 N–H and O–H groups in total. The summed E-state index contributed by atoms with van der Waals surface area (Å²) in [6.45, 7) is 2.06. The summed E-state index contributed by atoms with van der Waals surface area (Å²) in [6, 6.07) is 9.21. The molecule has 23 heavy (non-hydrogen) atoms. The number of hydrogen-bond donors (Lipinski definition) is 2. The Balaban J connectivity index is 2.11. The highest BCUT2D eigenvalue weighted by Gasteiger charge is 2.17. The summed E-state index contributed by atoms with van der Waals surface area (Å²) in [5.41, 5.74) is 1.25. The van der Waals surface area contributed by atoms with Crippen molar-refractivity contribution in [3.05, 3.63) is 69.4 Å². The molecule has 0 bridgehead atoms. The van der Waals surface area contributed by atoms with Crippen LogP contribution in [-0.4, -0.2) is 36.4 Å². The Bertz CT molecular complexity index is 738. The lowest BCUT2D eigenvalue weighted by molar-refractivity contribution is 0.0940. The van der Waals surface area contributed by atoms with Gasteiger partial charge in [0.15, 0.2) is 0 Å². The molecule has 1 heterocycles. The van der Waals surface area contributed by atoms with Gasteiger partial charge in [0.1, 0.15) is 11.4 Å². The van der Waals surface area contributed by atoms with E-state index in [1.165, 1.54) is 18.2 Å². The molecule has 1 aromatic heterocycles. The fraction of sp³-hybridized carbons (Fsp3) is 0.294. The van der Waals surface area contributed by atoms with E-state index in [1.54, 1.807) is 25.1 Å². The molecule has 0 unspecified atom stereocenters. The number of carbonyl (C=O) groups is 1. The van der Waals surface area contributed by atoms with Gasteiger partial charge in [-0.2, -0.15) is 0 Å². The highest BCUT2D eigenvalue weighted by Crippen LogP contribution is 2.17. The van der Waals surface area contributed by atoms with Crippen LogP contribution < -0.4 is 10.9 Å². The van der Waals surface area contributed by atoms with E-state index in [0.29, 0.717) is 12.2 Å². The van der Waals surface area contributed by atoms with Crippen molar-refractivity contribution in [2.45, 2.75) is 13.0 Å². The van der Waals surface area contributed by atoms with E-state index in [0.717, 1.165) is 5.56 Å². The van der Waals surface area contributed by atoms with Gasteiger partial charge in [-0.3, -0.25) is 9.59 Å². The summed E-state index contributed by atoms with van der Waals surface area (Å²) >= 11 is 0. The molecule has 0 fully saturated rings. The van der Waals surface area contributed by atoms with Crippen LogP contribution in [0.25, 0.3) is 0 Å². The summed E-state index contributed by atoms with van der Waals surface area (Å²) in [5, 5.41) is 2.76. The van der Waals surface area contributed by atoms with Crippen LogP contribution in [0.3, 0.4) is 0 Å². The maximum atomic E-state index is 13.0. The minimum absolute atomic E-state index is 0.0761. The number of nitrogens with zero attached hydrogens (tertiary/aromatic N) is 1. The standard InChI is InChI=1S/C17H20FN3O2/c1-11-4-9-14(17(23)20-11)16(22)19-10-15(21(2)3)12-5-7-13(18)8-6-12/h4-9,15H,10H2,1-3H3,(H,19,22)(H,20,23)/t15-/m0/s1. The molecule has 0 saturated heterocycles. The van der Waals surface area contributed by atoms with Gasteiger partial charge < -0.3 is 15.2 Å². The second kappa shape index (κ2) is 7.19. The number of amides is 1. The van der Waals surface area contributed by atoms with Gasteiger partial charge in [-0.25, -0.2) is 4.39 Å². The van der Waals surface area contributed by atoms with Crippen molar-refractivity contribution >= 4 is 5.91 Å². The summed E-state index contributed by atoms with van der Waals surface area (Å²) in [7, 11) is 3.75. The van der Waals surface area contributed by atoms with E-state index < -0.39 is 11.5 Å². The first kappa shape index (κ1) is 16.9. The summed E-state index contributed by atoms with van der Waals surface area (Å²) in [5.74, 6) is -0.735. The number of hydrogen-bond acceptors (Lipinski definition) is 3. The third-order valence-corrected chi connectivity index (χ3v) is 3.63. The topological polar surface area (TPSA) is 65.2 Å². The van der Waals surface area contributed by atoms with Crippen LogP contribution in [0.4, 0.5) is 4.39 Å². The Labute approximate surface area is 134 Å². The van der Waals surface area contributed by atoms with Crippen LogP contribution in [0.5, 0.6) is 0 Å². The van der Waals surface area contributed by atoms with Crippen molar-refractivity contribution in [3.8, 4) is 0 Å². The molecule has 1 atom stereocenters. The Morgan fingerprint density at radius 2 is 1.87 bits per heavy atom. The maximum absolute atomic E-state index is 13.0. The predicted molar refractivity (Wildman–Crippen MR) is 87.0 cm³/mol. The van der Waals surface area contributed by atoms with Crippen molar-refractivity contribution in [1.82, 2.24) is 15.2 Å². The number of aryl methyl sites for hydroxylation is 1. The van der Waals surface area contributed by atoms with Crippen LogP contribution in [0.2, 0.25) is 0 Å². The largest absolute Gasteiger partial charge is 0.350 e. The van der Waals surface area contributed by atoms with Gasteiger partial charge in [0.05, 0.1) is 6.04 Å². The maximum Gasteiger partial charge on any atom is 0.260 e. The molecule has 2 aromatic rings. The fourth-order valence-electron chi connectivity index (χ4n) is 2.32. The number of carbonyl (C=O) groups excluding carboxylic acids is 1. The highest BCUT2D eigenvalue weighted by molar-refractivity contribution is 5.93. The van der Waals surface area contributed by atoms with E-state index >= 15 is 0 Å². The molecule has 5 nitrogen and oxygen atoms in total. The van der Waals surface area contributed by atoms with Crippen molar-refractivity contribution in [1.29, 1.82) is 0 Å². The SMILES string of the molecule is Cc1ccc(C(=O)NC[C@@H](c2ccc(F)cc2)N(C)C)c(=O)[nH]1. The third-order valence-electron chi connectivity index (χ3n) is 3.63. The lowest BCUT2D eigenvalue weighted by Gasteiger charge is -2.25. The Kier molecular flexibility index (Phi) is 5.28. The van der Waals surface area contributed by atoms with Crippen molar-refractivity contribution in [2.75, 3.05) is 20.6 Å². The number of H-pyrrole nitrogens is 1. The van der Waals surface area contributed by atoms with E-state index in [2.05, 4.69) is 10.3 Å². The van der Waals surface area contributed by atoms with Crippen molar-refractivity contribution < 1.29 is 9.18 Å². The second-order valence-electron chi connectivity index (χ2n) is 5.63. The monoisotopic (exact) mass is 317 g/mol. The number of nitrogens with one attached hydrogen (secondary N) is 2. The molecular formula is C17H20FN3O2. The summed E-state index contributed by atoms with van der Waals surface area (Å²) < 4.78 is 13.0. The van der Waals surface area contributed by atoms with Gasteiger partial charge in [0, 0.05) is 12.2 Å². The Morgan fingerprint density at radius 3 is 2.43 bits per heavy atom. The van der Waals surface area contributed by atoms with Gasteiger partial charge in [-0.05, 0) is 50.8 Å². The van der Waals surface area contributed by atoms with Gasteiger partial charge in [0.2, 0.25) is 0 Å². The third kappa shape index (κ3) is 4.26. The molecule has 0 aliphatic carbocycles. The molecule has 0 aliphatic rings. The second-order valence-corrected chi connectivity index (χ2v) is 5.63. The van der Waals surface area contributed by atoms with Crippen molar-refractivity contribution in [3.63, 3.8) is 0 Å². The lowest BCUT2D eigenvalue weighted by Crippen LogP contribution is -2.36. The molecular weight excluding hydrogens is 297 g/mol. The van der Waals surface area contributed by atoms with Gasteiger partial charge in [0.25, 0.3) is 11.5 Å². The molecule has 0 radical (unpaired) electrons. The normalized spacial score (nSPS) is 12.2. The minimum Gasteiger partial charge on any atom is -0.350 e. The van der Waals surface area contributed by atoms with Crippen LogP contribution in [-0.2, 0) is 0 Å². The molecule has 0 aliphatic heterocycles. The number of halogens is 1. The molecule has 122 valence electrons.